The highest BCUT2D eigenvalue weighted by atomic mass is 32.2. The van der Waals surface area contributed by atoms with E-state index in [1.165, 1.54) is 4.57 Å². The summed E-state index contributed by atoms with van der Waals surface area (Å²) >= 11 is 0. The van der Waals surface area contributed by atoms with Gasteiger partial charge < -0.3 is 13.5 Å². The van der Waals surface area contributed by atoms with Crippen molar-refractivity contribution in [3.8, 4) is 11.6 Å². The topological polar surface area (TPSA) is 101 Å². The molecule has 0 unspecified atom stereocenters. The van der Waals surface area contributed by atoms with Crippen molar-refractivity contribution in [1.82, 2.24) is 4.57 Å². The number of alkyl halides is 3. The summed E-state index contributed by atoms with van der Waals surface area (Å²) in [5.74, 6) is -0.495. The van der Waals surface area contributed by atoms with Gasteiger partial charge in [-0.25, -0.2) is 0 Å². The molecule has 0 bridgehead atoms. The summed E-state index contributed by atoms with van der Waals surface area (Å²) in [4.78, 5) is 10.3. The van der Waals surface area contributed by atoms with E-state index in [4.69, 9.17) is 4.74 Å². The van der Waals surface area contributed by atoms with E-state index in [-0.39, 0.29) is 35.5 Å². The Hall–Kier alpha value is -2.50. The highest BCUT2D eigenvalue weighted by Gasteiger charge is 2.49. The second-order valence-corrected chi connectivity index (χ2v) is 6.50. The number of rotatable bonds is 3. The Kier molecular flexibility index (Phi) is 3.59. The minimum atomic E-state index is -5.85. The second kappa shape index (κ2) is 5.26. The molecule has 12 heteroatoms. The number of benzene rings is 1. The molecular weight excluding hydrogens is 357 g/mol. The maximum atomic E-state index is 12.5. The number of nitro groups is 1. The molecule has 0 saturated heterocycles. The molecular formula is C12H9F3N2O6S. The van der Waals surface area contributed by atoms with Crippen molar-refractivity contribution in [3.05, 3.63) is 28.3 Å². The number of nitro benzene ring substituents is 1. The Labute approximate surface area is 132 Å². The third-order valence-corrected chi connectivity index (χ3v) is 4.33. The van der Waals surface area contributed by atoms with E-state index < -0.39 is 26.4 Å². The van der Waals surface area contributed by atoms with Crippen LogP contribution in [0.4, 0.5) is 18.9 Å². The number of halogens is 3. The van der Waals surface area contributed by atoms with Crippen molar-refractivity contribution in [2.45, 2.75) is 18.5 Å². The summed E-state index contributed by atoms with van der Waals surface area (Å²) in [5, 5.41) is 11.1. The number of aromatic nitrogens is 1. The molecule has 24 heavy (non-hydrogen) atoms. The van der Waals surface area contributed by atoms with Crippen LogP contribution in [0.3, 0.4) is 0 Å². The molecule has 0 N–H and O–H groups in total. The van der Waals surface area contributed by atoms with Crippen LogP contribution in [-0.2, 0) is 16.7 Å². The van der Waals surface area contributed by atoms with Crippen molar-refractivity contribution in [3.63, 3.8) is 0 Å². The molecule has 0 amide bonds. The Bertz CT molecular complexity index is 934. The molecule has 1 aromatic heterocycles. The van der Waals surface area contributed by atoms with Crippen LogP contribution in [-0.4, -0.2) is 30.0 Å². The Balaban J connectivity index is 2.20. The summed E-state index contributed by atoms with van der Waals surface area (Å²) in [7, 11) is -5.85. The largest absolute Gasteiger partial charge is 0.534 e. The normalized spacial score (nSPS) is 15.0. The van der Waals surface area contributed by atoms with Crippen molar-refractivity contribution in [2.24, 2.45) is 0 Å². The van der Waals surface area contributed by atoms with Gasteiger partial charge in [0.1, 0.15) is 0 Å². The van der Waals surface area contributed by atoms with E-state index >= 15 is 0 Å². The molecule has 2 aromatic rings. The third-order valence-electron chi connectivity index (χ3n) is 3.38. The first-order chi connectivity index (χ1) is 11.1. The summed E-state index contributed by atoms with van der Waals surface area (Å²) < 4.78 is 70.8. The number of non-ortho nitro benzene ring substituents is 1. The van der Waals surface area contributed by atoms with Crippen LogP contribution >= 0.6 is 0 Å². The molecule has 0 radical (unpaired) electrons. The zero-order valence-corrected chi connectivity index (χ0v) is 12.6. The molecule has 0 saturated carbocycles. The molecule has 0 fully saturated rings. The lowest BCUT2D eigenvalue weighted by atomic mass is 10.2. The Morgan fingerprint density at radius 2 is 2.00 bits per heavy atom. The zero-order valence-electron chi connectivity index (χ0n) is 11.7. The fourth-order valence-corrected chi connectivity index (χ4v) is 2.86. The first-order valence-electron chi connectivity index (χ1n) is 6.55. The van der Waals surface area contributed by atoms with Gasteiger partial charge in [0.15, 0.2) is 5.75 Å². The van der Waals surface area contributed by atoms with Crippen LogP contribution < -0.4 is 8.92 Å². The minimum absolute atomic E-state index is 0.0796. The lowest BCUT2D eigenvalue weighted by Gasteiger charge is -2.11. The van der Waals surface area contributed by atoms with E-state index in [2.05, 4.69) is 4.18 Å². The fourth-order valence-electron chi connectivity index (χ4n) is 2.41. The van der Waals surface area contributed by atoms with Gasteiger partial charge in [-0.15, -0.1) is 0 Å². The van der Waals surface area contributed by atoms with Gasteiger partial charge in [-0.3, -0.25) is 10.1 Å². The van der Waals surface area contributed by atoms with Gasteiger partial charge in [-0.1, -0.05) is 0 Å². The van der Waals surface area contributed by atoms with Gasteiger partial charge in [0.2, 0.25) is 5.88 Å². The molecule has 1 aliphatic heterocycles. The van der Waals surface area contributed by atoms with Gasteiger partial charge in [-0.05, 0) is 6.42 Å². The average molecular weight is 366 g/mol. The summed E-state index contributed by atoms with van der Waals surface area (Å²) in [5.41, 5.74) is -5.67. The van der Waals surface area contributed by atoms with Crippen molar-refractivity contribution in [2.75, 3.05) is 6.61 Å². The molecule has 8 nitrogen and oxygen atoms in total. The molecule has 2 heterocycles. The molecule has 3 rings (SSSR count). The third kappa shape index (κ3) is 2.62. The molecule has 0 aliphatic carbocycles. The molecule has 0 atom stereocenters. The maximum Gasteiger partial charge on any atom is 0.534 e. The van der Waals surface area contributed by atoms with Crippen molar-refractivity contribution in [1.29, 1.82) is 0 Å². The van der Waals surface area contributed by atoms with Gasteiger partial charge in [0, 0.05) is 24.1 Å². The maximum absolute atomic E-state index is 12.5. The number of aryl methyl sites for hydroxylation is 1. The summed E-state index contributed by atoms with van der Waals surface area (Å²) in [6.45, 7) is 0.306. The summed E-state index contributed by atoms with van der Waals surface area (Å²) in [6.07, 6.45) is 0.356. The smallest absolute Gasteiger partial charge is 0.491 e. The molecule has 130 valence electrons. The number of nitrogens with zero attached hydrogens (tertiary/aromatic N) is 2. The van der Waals surface area contributed by atoms with Crippen LogP contribution in [0, 0.1) is 10.1 Å². The highest BCUT2D eigenvalue weighted by molar-refractivity contribution is 7.87. The monoisotopic (exact) mass is 366 g/mol. The van der Waals surface area contributed by atoms with Crippen molar-refractivity contribution >= 4 is 26.7 Å². The van der Waals surface area contributed by atoms with Gasteiger partial charge >= 0.3 is 15.6 Å². The van der Waals surface area contributed by atoms with E-state index in [0.717, 1.165) is 18.2 Å². The van der Waals surface area contributed by atoms with Gasteiger partial charge in [0.25, 0.3) is 5.69 Å². The molecule has 1 aromatic carbocycles. The van der Waals surface area contributed by atoms with Gasteiger partial charge in [-0.2, -0.15) is 21.6 Å². The predicted molar refractivity (Wildman–Crippen MR) is 74.3 cm³/mol. The quantitative estimate of drug-likeness (QED) is 0.358. The zero-order chi connectivity index (χ0) is 17.7. The van der Waals surface area contributed by atoms with E-state index in [9.17, 15) is 31.7 Å². The van der Waals surface area contributed by atoms with Gasteiger partial charge in [0.05, 0.1) is 23.1 Å². The van der Waals surface area contributed by atoms with Crippen LogP contribution in [0.15, 0.2) is 18.2 Å². The lowest BCUT2D eigenvalue weighted by Crippen LogP contribution is -2.28. The van der Waals surface area contributed by atoms with E-state index in [1.54, 1.807) is 0 Å². The lowest BCUT2D eigenvalue weighted by molar-refractivity contribution is -0.384. The van der Waals surface area contributed by atoms with Crippen molar-refractivity contribution < 1.29 is 35.4 Å². The van der Waals surface area contributed by atoms with Crippen LogP contribution in [0.1, 0.15) is 6.42 Å². The van der Waals surface area contributed by atoms with Crippen LogP contribution in [0.2, 0.25) is 0 Å². The molecule has 0 spiro atoms. The number of hydrogen-bond acceptors (Lipinski definition) is 6. The van der Waals surface area contributed by atoms with E-state index in [1.807, 2.05) is 0 Å². The van der Waals surface area contributed by atoms with Crippen LogP contribution in [0.5, 0.6) is 11.6 Å². The average Bonchev–Trinajstić information content (AvgIpc) is 2.65. The highest BCUT2D eigenvalue weighted by Crippen LogP contribution is 2.39. The Morgan fingerprint density at radius 3 is 2.62 bits per heavy atom. The van der Waals surface area contributed by atoms with E-state index in [0.29, 0.717) is 6.42 Å². The molecule has 1 aliphatic rings. The minimum Gasteiger partial charge on any atom is -0.491 e. The first-order valence-corrected chi connectivity index (χ1v) is 7.96. The second-order valence-electron chi connectivity index (χ2n) is 4.96. The van der Waals surface area contributed by atoms with Crippen LogP contribution in [0.25, 0.3) is 10.9 Å². The Morgan fingerprint density at radius 1 is 1.29 bits per heavy atom. The standard InChI is InChI=1S/C12H9F3N2O6S/c13-12(14,15)24(20,21)23-10-5-7-4-8(17(18)19)6-9-11(7)16(10)2-1-3-22-9/h4-6H,1-3H2. The first kappa shape index (κ1) is 16.4. The number of ether oxygens (including phenoxy) is 1. The predicted octanol–water partition coefficient (Wildman–Crippen LogP) is 2.56. The number of hydrogen-bond donors (Lipinski definition) is 0. The SMILES string of the molecule is O=[N+]([O-])c1cc2c3c(c1)cc(OS(=O)(=O)C(F)(F)F)n3CCCO2. The summed E-state index contributed by atoms with van der Waals surface area (Å²) in [6, 6.07) is 3.24. The fraction of sp³-hybridized carbons (Fsp3) is 0.333.